The number of anilines is 2. The van der Waals surface area contributed by atoms with E-state index in [1.54, 1.807) is 24.3 Å². The smallest absolute Gasteiger partial charge is 0.251 e. The molecule has 2 rings (SSSR count). The van der Waals surface area contributed by atoms with Crippen LogP contribution in [0.15, 0.2) is 48.5 Å². The molecule has 0 bridgehead atoms. The van der Waals surface area contributed by atoms with Gasteiger partial charge < -0.3 is 20.7 Å². The van der Waals surface area contributed by atoms with Gasteiger partial charge in [0.1, 0.15) is 5.75 Å². The van der Waals surface area contributed by atoms with Gasteiger partial charge in [-0.15, -0.1) is 0 Å². The van der Waals surface area contributed by atoms with Crippen LogP contribution in [0.2, 0.25) is 0 Å². The fraction of sp³-hybridized carbons (Fsp3) is 0.364. The minimum atomic E-state index is -0.199. The summed E-state index contributed by atoms with van der Waals surface area (Å²) in [6, 6.07) is 14.5. The zero-order valence-corrected chi connectivity index (χ0v) is 16.9. The second-order valence-corrected chi connectivity index (χ2v) is 6.96. The van der Waals surface area contributed by atoms with Crippen molar-refractivity contribution in [2.24, 2.45) is 0 Å². The normalized spacial score (nSPS) is 11.6. The van der Waals surface area contributed by atoms with E-state index in [2.05, 4.69) is 16.0 Å². The number of carbonyl (C=O) groups is 2. The number of nitrogens with one attached hydrogen (secondary N) is 3. The zero-order chi connectivity index (χ0) is 20.5. The van der Waals surface area contributed by atoms with Crippen LogP contribution in [0.25, 0.3) is 0 Å². The highest BCUT2D eigenvalue weighted by molar-refractivity contribution is 5.98. The lowest BCUT2D eigenvalue weighted by atomic mass is 10.1. The molecule has 0 saturated heterocycles. The molecule has 0 spiro atoms. The maximum absolute atomic E-state index is 12.2. The number of hydrogen-bond acceptors (Lipinski definition) is 4. The van der Waals surface area contributed by atoms with Gasteiger partial charge in [0.15, 0.2) is 0 Å². The predicted octanol–water partition coefficient (Wildman–Crippen LogP) is 4.05. The van der Waals surface area contributed by atoms with Crippen LogP contribution in [0.3, 0.4) is 0 Å². The molecule has 0 aliphatic rings. The number of carbonyl (C=O) groups excluding carboxylic acids is 2. The maximum Gasteiger partial charge on any atom is 0.251 e. The topological polar surface area (TPSA) is 79.5 Å². The molecule has 0 aromatic heterocycles. The van der Waals surface area contributed by atoms with Crippen molar-refractivity contribution in [1.82, 2.24) is 5.32 Å². The third kappa shape index (κ3) is 6.95. The highest BCUT2D eigenvalue weighted by atomic mass is 16.5. The quantitative estimate of drug-likeness (QED) is 0.610. The summed E-state index contributed by atoms with van der Waals surface area (Å²) in [5.41, 5.74) is 1.90. The van der Waals surface area contributed by atoms with E-state index in [-0.39, 0.29) is 30.5 Å². The predicted molar refractivity (Wildman–Crippen MR) is 113 cm³/mol. The van der Waals surface area contributed by atoms with Gasteiger partial charge in [-0.3, -0.25) is 9.59 Å². The van der Waals surface area contributed by atoms with E-state index in [1.165, 1.54) is 0 Å². The lowest BCUT2D eigenvalue weighted by Crippen LogP contribution is -2.32. The van der Waals surface area contributed by atoms with Crippen molar-refractivity contribution in [3.05, 3.63) is 54.1 Å². The fourth-order valence-electron chi connectivity index (χ4n) is 2.49. The lowest BCUT2D eigenvalue weighted by Gasteiger charge is -2.13. The lowest BCUT2D eigenvalue weighted by molar-refractivity contribution is -0.114. The Labute approximate surface area is 166 Å². The Balaban J connectivity index is 1.91. The number of hydrogen-bond donors (Lipinski definition) is 3. The highest BCUT2D eigenvalue weighted by Crippen LogP contribution is 2.18. The monoisotopic (exact) mass is 383 g/mol. The molecule has 0 radical (unpaired) electrons. The van der Waals surface area contributed by atoms with E-state index in [1.807, 2.05) is 52.0 Å². The molecule has 1 unspecified atom stereocenters. The van der Waals surface area contributed by atoms with Gasteiger partial charge in [0, 0.05) is 29.0 Å². The molecule has 2 aromatic carbocycles. The van der Waals surface area contributed by atoms with E-state index in [0.29, 0.717) is 11.3 Å². The minimum absolute atomic E-state index is 0.0864. The number of benzene rings is 2. The van der Waals surface area contributed by atoms with E-state index in [9.17, 15) is 9.59 Å². The van der Waals surface area contributed by atoms with Gasteiger partial charge in [-0.05, 0) is 57.5 Å². The largest absolute Gasteiger partial charge is 0.491 e. The highest BCUT2D eigenvalue weighted by Gasteiger charge is 2.10. The molecule has 0 aliphatic heterocycles. The Morgan fingerprint density at radius 2 is 1.71 bits per heavy atom. The summed E-state index contributed by atoms with van der Waals surface area (Å²) in [7, 11) is 0. The Morgan fingerprint density at radius 3 is 2.43 bits per heavy atom. The average Bonchev–Trinajstić information content (AvgIpc) is 2.66. The van der Waals surface area contributed by atoms with E-state index in [4.69, 9.17) is 4.74 Å². The van der Waals surface area contributed by atoms with Crippen LogP contribution < -0.4 is 20.7 Å². The van der Waals surface area contributed by atoms with Crippen LogP contribution in [-0.4, -0.2) is 30.5 Å². The summed E-state index contributed by atoms with van der Waals surface area (Å²) in [5, 5.41) is 8.80. The van der Waals surface area contributed by atoms with Gasteiger partial charge in [-0.2, -0.15) is 0 Å². The molecule has 6 heteroatoms. The number of rotatable bonds is 9. The van der Waals surface area contributed by atoms with Gasteiger partial charge in [0.05, 0.1) is 12.6 Å². The molecule has 150 valence electrons. The van der Waals surface area contributed by atoms with E-state index < -0.39 is 0 Å². The molecular weight excluding hydrogens is 354 g/mol. The van der Waals surface area contributed by atoms with Crippen molar-refractivity contribution < 1.29 is 14.3 Å². The minimum Gasteiger partial charge on any atom is -0.491 e. The second-order valence-electron chi connectivity index (χ2n) is 6.96. The zero-order valence-electron chi connectivity index (χ0n) is 16.9. The molecular formula is C22H29N3O3. The average molecular weight is 383 g/mol. The van der Waals surface area contributed by atoms with Crippen molar-refractivity contribution in [3.63, 3.8) is 0 Å². The van der Waals surface area contributed by atoms with Gasteiger partial charge in [-0.1, -0.05) is 19.1 Å². The Morgan fingerprint density at radius 1 is 1.00 bits per heavy atom. The first-order chi connectivity index (χ1) is 13.4. The van der Waals surface area contributed by atoms with Gasteiger partial charge in [0.25, 0.3) is 5.91 Å². The van der Waals surface area contributed by atoms with Crippen molar-refractivity contribution in [2.45, 2.75) is 46.3 Å². The molecule has 0 aliphatic carbocycles. The Hall–Kier alpha value is -3.02. The molecule has 0 saturated carbocycles. The number of ether oxygens (including phenoxy) is 1. The summed E-state index contributed by atoms with van der Waals surface area (Å²) >= 11 is 0. The third-order valence-electron chi connectivity index (χ3n) is 4.06. The van der Waals surface area contributed by atoms with Crippen molar-refractivity contribution in [3.8, 4) is 5.75 Å². The molecule has 1 atom stereocenters. The summed E-state index contributed by atoms with van der Waals surface area (Å²) in [4.78, 5) is 24.5. The van der Waals surface area contributed by atoms with Crippen LogP contribution in [-0.2, 0) is 4.79 Å². The first-order valence-electron chi connectivity index (χ1n) is 9.58. The maximum atomic E-state index is 12.2. The van der Waals surface area contributed by atoms with Crippen LogP contribution in [0, 0.1) is 0 Å². The first-order valence-corrected chi connectivity index (χ1v) is 9.58. The summed E-state index contributed by atoms with van der Waals surface area (Å²) in [6.45, 7) is 8.00. The van der Waals surface area contributed by atoms with Crippen LogP contribution in [0.5, 0.6) is 5.75 Å². The molecule has 0 heterocycles. The Bertz CT molecular complexity index is 805. The first kappa shape index (κ1) is 21.3. The molecule has 2 aromatic rings. The molecule has 3 N–H and O–H groups in total. The Kier molecular flexibility index (Phi) is 7.87. The van der Waals surface area contributed by atoms with Crippen molar-refractivity contribution in [2.75, 3.05) is 17.2 Å². The summed E-state index contributed by atoms with van der Waals surface area (Å²) < 4.78 is 5.65. The van der Waals surface area contributed by atoms with Crippen LogP contribution in [0.4, 0.5) is 11.4 Å². The molecule has 0 fully saturated rings. The van der Waals surface area contributed by atoms with Crippen molar-refractivity contribution in [1.29, 1.82) is 0 Å². The van der Waals surface area contributed by atoms with Crippen LogP contribution in [0.1, 0.15) is 44.5 Å². The van der Waals surface area contributed by atoms with Crippen molar-refractivity contribution >= 4 is 23.2 Å². The van der Waals surface area contributed by atoms with Gasteiger partial charge in [0.2, 0.25) is 5.91 Å². The third-order valence-corrected chi connectivity index (χ3v) is 4.06. The number of amides is 2. The van der Waals surface area contributed by atoms with E-state index >= 15 is 0 Å². The standard InChI is InChI=1S/C22H29N3O3/c1-5-16(4)24-22(27)17-8-6-10-19(12-17)25-21(26)14-23-18-9-7-11-20(13-18)28-15(2)3/h6-13,15-16,23H,5,14H2,1-4H3,(H,24,27)(H,25,26). The SMILES string of the molecule is CCC(C)NC(=O)c1cccc(NC(=O)CNc2cccc(OC(C)C)c2)c1. The molecule has 2 amide bonds. The second kappa shape index (κ2) is 10.3. The summed E-state index contributed by atoms with van der Waals surface area (Å²) in [5.74, 6) is 0.403. The van der Waals surface area contributed by atoms with Gasteiger partial charge in [-0.25, -0.2) is 0 Å². The van der Waals surface area contributed by atoms with Crippen LogP contribution >= 0.6 is 0 Å². The van der Waals surface area contributed by atoms with E-state index in [0.717, 1.165) is 17.9 Å². The molecule has 6 nitrogen and oxygen atoms in total. The molecule has 28 heavy (non-hydrogen) atoms. The summed E-state index contributed by atoms with van der Waals surface area (Å²) in [6.07, 6.45) is 0.945. The van der Waals surface area contributed by atoms with Gasteiger partial charge >= 0.3 is 0 Å². The fourth-order valence-corrected chi connectivity index (χ4v) is 2.49.